The maximum Gasteiger partial charge on any atom is 0.278 e. The lowest BCUT2D eigenvalue weighted by Crippen LogP contribution is -2.24. The van der Waals surface area contributed by atoms with Gasteiger partial charge >= 0.3 is 0 Å². The summed E-state index contributed by atoms with van der Waals surface area (Å²) in [7, 11) is 0. The van der Waals surface area contributed by atoms with Crippen LogP contribution < -0.4 is 16.2 Å². The first kappa shape index (κ1) is 23.2. The quantitative estimate of drug-likeness (QED) is 0.490. The molecule has 1 atom stereocenters. The lowest BCUT2D eigenvalue weighted by Gasteiger charge is -2.14. The van der Waals surface area contributed by atoms with Gasteiger partial charge in [-0.25, -0.2) is 0 Å². The molecule has 0 saturated heterocycles. The lowest BCUT2D eigenvalue weighted by atomic mass is 10.1. The van der Waals surface area contributed by atoms with Crippen molar-refractivity contribution in [3.05, 3.63) is 63.4 Å². The van der Waals surface area contributed by atoms with E-state index in [9.17, 15) is 14.4 Å². The molecule has 3 aromatic rings. The van der Waals surface area contributed by atoms with Gasteiger partial charge in [0.2, 0.25) is 11.8 Å². The van der Waals surface area contributed by atoms with Crippen molar-refractivity contribution in [1.29, 1.82) is 0 Å². The highest BCUT2D eigenvalue weighted by molar-refractivity contribution is 8.00. The molecular weight excluding hydrogens is 426 g/mol. The van der Waals surface area contributed by atoms with Gasteiger partial charge in [0.05, 0.1) is 10.9 Å². The van der Waals surface area contributed by atoms with Gasteiger partial charge in [-0.05, 0) is 50.5 Å². The van der Waals surface area contributed by atoms with E-state index in [-0.39, 0.29) is 22.7 Å². The topological polar surface area (TPSA) is 117 Å². The Hall–Kier alpha value is -3.46. The number of hydrogen-bond donors (Lipinski definition) is 3. The van der Waals surface area contributed by atoms with Crippen LogP contribution in [0.25, 0.3) is 11.3 Å². The summed E-state index contributed by atoms with van der Waals surface area (Å²) in [6.45, 7) is 8.89. The Balaban J connectivity index is 1.79. The van der Waals surface area contributed by atoms with Crippen molar-refractivity contribution < 1.29 is 9.59 Å². The highest BCUT2D eigenvalue weighted by Gasteiger charge is 2.19. The number of nitrogens with one attached hydrogen (secondary N) is 3. The molecule has 2 aromatic carbocycles. The minimum absolute atomic E-state index is 0.0919. The van der Waals surface area contributed by atoms with Gasteiger partial charge in [0.15, 0.2) is 10.9 Å². The number of aromatic nitrogens is 3. The van der Waals surface area contributed by atoms with Crippen molar-refractivity contribution in [2.45, 2.75) is 45.0 Å². The second kappa shape index (κ2) is 9.78. The first-order valence-corrected chi connectivity index (χ1v) is 10.9. The van der Waals surface area contributed by atoms with E-state index in [0.29, 0.717) is 11.3 Å². The smallest absolute Gasteiger partial charge is 0.278 e. The molecule has 0 spiro atoms. The summed E-state index contributed by atoms with van der Waals surface area (Å²) in [4.78, 5) is 39.6. The zero-order chi connectivity index (χ0) is 23.4. The fourth-order valence-electron chi connectivity index (χ4n) is 3.10. The molecule has 0 unspecified atom stereocenters. The van der Waals surface area contributed by atoms with E-state index < -0.39 is 10.8 Å². The van der Waals surface area contributed by atoms with Crippen molar-refractivity contribution in [1.82, 2.24) is 15.2 Å². The maximum atomic E-state index is 12.7. The number of benzene rings is 2. The molecule has 1 aromatic heterocycles. The Morgan fingerprint density at radius 3 is 2.38 bits per heavy atom. The summed E-state index contributed by atoms with van der Waals surface area (Å²) in [6.07, 6.45) is 0. The van der Waals surface area contributed by atoms with E-state index in [1.54, 1.807) is 19.1 Å². The van der Waals surface area contributed by atoms with Crippen molar-refractivity contribution in [2.24, 2.45) is 0 Å². The predicted molar refractivity (Wildman–Crippen MR) is 127 cm³/mol. The molecule has 0 fully saturated rings. The molecule has 9 heteroatoms. The summed E-state index contributed by atoms with van der Waals surface area (Å²) in [6, 6.07) is 11.0. The highest BCUT2D eigenvalue weighted by atomic mass is 32.2. The zero-order valence-electron chi connectivity index (χ0n) is 18.6. The van der Waals surface area contributed by atoms with Crippen LogP contribution in [0.5, 0.6) is 0 Å². The number of amides is 2. The van der Waals surface area contributed by atoms with Crippen LogP contribution in [-0.2, 0) is 9.59 Å². The summed E-state index contributed by atoms with van der Waals surface area (Å²) in [5, 5.41) is 13.5. The molecule has 2 amide bonds. The predicted octanol–water partition coefficient (Wildman–Crippen LogP) is 3.83. The standard InChI is InChI=1S/C23H25N5O3S/c1-12-8-7-11-18(14(12)3)25-21(30)15(4)32-23-26-22(31)20(27-28-23)17-10-6-9-13(2)19(17)24-16(5)29/h6-11,15H,1-5H3,(H,24,29)(H,25,30)(H,26,28,31)/t15-/m0/s1. The number of para-hydroxylation sites is 1. The number of thioether (sulfide) groups is 1. The van der Waals surface area contributed by atoms with E-state index >= 15 is 0 Å². The Bertz CT molecular complexity index is 1240. The number of aromatic amines is 1. The number of H-pyrrole nitrogens is 1. The van der Waals surface area contributed by atoms with Gasteiger partial charge in [0.25, 0.3) is 5.56 Å². The van der Waals surface area contributed by atoms with Gasteiger partial charge in [-0.1, -0.05) is 42.1 Å². The average molecular weight is 452 g/mol. The molecule has 8 nitrogen and oxygen atoms in total. The van der Waals surface area contributed by atoms with Crippen LogP contribution in [0, 0.1) is 20.8 Å². The Labute approximate surface area is 190 Å². The van der Waals surface area contributed by atoms with Crippen molar-refractivity contribution in [3.63, 3.8) is 0 Å². The van der Waals surface area contributed by atoms with Crippen molar-refractivity contribution in [2.75, 3.05) is 10.6 Å². The largest absolute Gasteiger partial charge is 0.325 e. The van der Waals surface area contributed by atoms with Gasteiger partial charge in [0.1, 0.15) is 0 Å². The summed E-state index contributed by atoms with van der Waals surface area (Å²) in [5.74, 6) is -0.456. The number of carbonyl (C=O) groups is 2. The number of hydrogen-bond acceptors (Lipinski definition) is 6. The van der Waals surface area contributed by atoms with Crippen molar-refractivity contribution in [3.8, 4) is 11.3 Å². The molecular formula is C23H25N5O3S. The van der Waals surface area contributed by atoms with Crippen LogP contribution in [0.15, 0.2) is 46.3 Å². The number of aryl methyl sites for hydroxylation is 2. The first-order valence-electron chi connectivity index (χ1n) is 10.1. The molecule has 0 aliphatic rings. The van der Waals surface area contributed by atoms with E-state index in [2.05, 4.69) is 25.8 Å². The van der Waals surface area contributed by atoms with Gasteiger partial charge in [-0.3, -0.25) is 19.4 Å². The minimum Gasteiger partial charge on any atom is -0.325 e. The first-order chi connectivity index (χ1) is 15.2. The third-order valence-corrected chi connectivity index (χ3v) is 6.00. The Morgan fingerprint density at radius 1 is 1.00 bits per heavy atom. The summed E-state index contributed by atoms with van der Waals surface area (Å²) in [5.41, 5.74) is 4.27. The molecule has 0 aliphatic carbocycles. The van der Waals surface area contributed by atoms with Crippen LogP contribution in [0.4, 0.5) is 11.4 Å². The van der Waals surface area contributed by atoms with Gasteiger partial charge in [-0.2, -0.15) is 0 Å². The SMILES string of the molecule is CC(=O)Nc1c(C)cccc1-c1nnc(S[C@@H](C)C(=O)Nc2cccc(C)c2C)[nH]c1=O. The molecule has 0 bridgehead atoms. The van der Waals surface area contributed by atoms with Crippen LogP contribution in [0.3, 0.4) is 0 Å². The summed E-state index contributed by atoms with van der Waals surface area (Å²) < 4.78 is 0. The van der Waals surface area contributed by atoms with E-state index in [0.717, 1.165) is 34.1 Å². The second-order valence-corrected chi connectivity index (χ2v) is 8.81. The molecule has 32 heavy (non-hydrogen) atoms. The Kier molecular flexibility index (Phi) is 7.09. The molecule has 3 N–H and O–H groups in total. The van der Waals surface area contributed by atoms with Crippen LogP contribution in [0.2, 0.25) is 0 Å². The molecule has 3 rings (SSSR count). The number of nitrogens with zero attached hydrogens (tertiary/aromatic N) is 2. The van der Waals surface area contributed by atoms with Crippen molar-refractivity contribution >= 4 is 35.0 Å². The number of carbonyl (C=O) groups excluding carboxylic acids is 2. The van der Waals surface area contributed by atoms with Crippen LogP contribution in [0.1, 0.15) is 30.5 Å². The third kappa shape index (κ3) is 5.23. The lowest BCUT2D eigenvalue weighted by molar-refractivity contribution is -0.115. The molecule has 0 saturated carbocycles. The maximum absolute atomic E-state index is 12.7. The number of anilines is 2. The second-order valence-electron chi connectivity index (χ2n) is 7.48. The van der Waals surface area contributed by atoms with E-state index in [1.807, 2.05) is 45.0 Å². The fraction of sp³-hybridized carbons (Fsp3) is 0.261. The molecule has 1 heterocycles. The molecule has 0 radical (unpaired) electrons. The highest BCUT2D eigenvalue weighted by Crippen LogP contribution is 2.28. The number of rotatable bonds is 6. The molecule has 0 aliphatic heterocycles. The monoisotopic (exact) mass is 451 g/mol. The van der Waals surface area contributed by atoms with E-state index in [1.165, 1.54) is 6.92 Å². The van der Waals surface area contributed by atoms with Gasteiger partial charge < -0.3 is 10.6 Å². The minimum atomic E-state index is -0.514. The normalized spacial score (nSPS) is 11.7. The van der Waals surface area contributed by atoms with E-state index in [4.69, 9.17) is 0 Å². The third-order valence-electron chi connectivity index (χ3n) is 5.03. The van der Waals surface area contributed by atoms with Crippen LogP contribution >= 0.6 is 11.8 Å². The van der Waals surface area contributed by atoms with Gasteiger partial charge in [-0.15, -0.1) is 10.2 Å². The average Bonchev–Trinajstić information content (AvgIpc) is 2.73. The zero-order valence-corrected chi connectivity index (χ0v) is 19.4. The fourth-order valence-corrected chi connectivity index (χ4v) is 3.84. The Morgan fingerprint density at radius 2 is 1.69 bits per heavy atom. The van der Waals surface area contributed by atoms with Gasteiger partial charge in [0, 0.05) is 18.2 Å². The van der Waals surface area contributed by atoms with Crippen LogP contribution in [-0.4, -0.2) is 32.2 Å². The summed E-state index contributed by atoms with van der Waals surface area (Å²) >= 11 is 1.11. The molecule has 166 valence electrons.